The second-order valence-corrected chi connectivity index (χ2v) is 12.3. The molecule has 0 fully saturated rings. The lowest BCUT2D eigenvalue weighted by Gasteiger charge is -2.12. The number of hydrogen-bond acceptors (Lipinski definition) is 8. The fourth-order valence-electron chi connectivity index (χ4n) is 6.80. The Hall–Kier alpha value is -9.02. The van der Waals surface area contributed by atoms with Crippen LogP contribution in [0.4, 0.5) is 0 Å². The van der Waals surface area contributed by atoms with Crippen molar-refractivity contribution in [2.24, 2.45) is 0 Å². The lowest BCUT2D eigenvalue weighted by atomic mass is 9.91. The molecule has 8 nitrogen and oxygen atoms in total. The van der Waals surface area contributed by atoms with E-state index in [-0.39, 0.29) is 5.57 Å². The minimum absolute atomic E-state index is 0.148. The monoisotopic (exact) mass is 682 g/mol. The number of nitriles is 8. The van der Waals surface area contributed by atoms with Gasteiger partial charge in [-0.15, -0.1) is 0 Å². The van der Waals surface area contributed by atoms with Gasteiger partial charge in [-0.2, -0.15) is 42.1 Å². The fraction of sp³-hybridized carbons (Fsp3) is 0. The highest BCUT2D eigenvalue weighted by Crippen LogP contribution is 2.50. The predicted molar refractivity (Wildman–Crippen MR) is 199 cm³/mol. The van der Waals surface area contributed by atoms with Crippen molar-refractivity contribution < 1.29 is 0 Å². The third-order valence-corrected chi connectivity index (χ3v) is 9.30. The quantitative estimate of drug-likeness (QED) is 0.164. The van der Waals surface area contributed by atoms with Gasteiger partial charge in [0.1, 0.15) is 17.7 Å². The number of fused-ring (bicyclic) bond motifs is 3. The van der Waals surface area contributed by atoms with Crippen molar-refractivity contribution in [1.82, 2.24) is 0 Å². The predicted octanol–water partition coefficient (Wildman–Crippen LogP) is 9.41. The van der Waals surface area contributed by atoms with E-state index in [0.29, 0.717) is 83.5 Å². The molecule has 1 aliphatic carbocycles. The van der Waals surface area contributed by atoms with Gasteiger partial charge in [0.05, 0.1) is 69.8 Å². The summed E-state index contributed by atoms with van der Waals surface area (Å²) >= 11 is 0. The van der Waals surface area contributed by atoms with Crippen LogP contribution >= 0.6 is 0 Å². The van der Waals surface area contributed by atoms with Crippen LogP contribution < -0.4 is 0 Å². The Kier molecular flexibility index (Phi) is 8.50. The van der Waals surface area contributed by atoms with E-state index in [1.807, 2.05) is 72.8 Å². The largest absolute Gasteiger partial charge is 0.192 e. The van der Waals surface area contributed by atoms with Gasteiger partial charge in [-0.25, -0.2) is 0 Å². The molecule has 0 amide bonds. The number of rotatable bonds is 4. The average Bonchev–Trinajstić information content (AvgIpc) is 3.54. The first kappa shape index (κ1) is 33.5. The van der Waals surface area contributed by atoms with Crippen LogP contribution in [-0.2, 0) is 0 Å². The highest BCUT2D eigenvalue weighted by molar-refractivity contribution is 6.07. The van der Waals surface area contributed by atoms with Crippen LogP contribution in [0.15, 0.2) is 115 Å². The summed E-state index contributed by atoms with van der Waals surface area (Å²) in [7, 11) is 0. The van der Waals surface area contributed by atoms with E-state index in [0.717, 1.165) is 22.3 Å². The second kappa shape index (κ2) is 13.7. The molecule has 6 aromatic carbocycles. The summed E-state index contributed by atoms with van der Waals surface area (Å²) in [5.41, 5.74) is 10.3. The standard InChI is InChI=1S/C46H18N8/c47-19-27-9-28(20-48)12-35(11-27)31-1-5-33(6-2-31)40-17-42-43-18-41(34-7-3-32(4-8-34)36-13-29(21-49)10-30(14-36)22-50)38(24-52)16-45(43)46(39(25-53)26-54)44(42)15-37(40)23-51/h1-18H. The maximum Gasteiger partial charge on any atom is 0.138 e. The van der Waals surface area contributed by atoms with E-state index in [2.05, 4.69) is 36.4 Å². The summed E-state index contributed by atoms with van der Waals surface area (Å²) in [6.45, 7) is 0. The highest BCUT2D eigenvalue weighted by Gasteiger charge is 2.30. The highest BCUT2D eigenvalue weighted by atomic mass is 14.4. The van der Waals surface area contributed by atoms with Crippen molar-refractivity contribution in [2.45, 2.75) is 0 Å². The maximum atomic E-state index is 10.3. The first-order valence-electron chi connectivity index (χ1n) is 16.2. The Morgan fingerprint density at radius 2 is 0.630 bits per heavy atom. The summed E-state index contributed by atoms with van der Waals surface area (Å²) in [4.78, 5) is 0. The number of allylic oxidation sites excluding steroid dienone is 1. The molecule has 0 unspecified atom stereocenters. The zero-order valence-electron chi connectivity index (χ0n) is 28.0. The zero-order chi connectivity index (χ0) is 37.9. The van der Waals surface area contributed by atoms with E-state index >= 15 is 0 Å². The van der Waals surface area contributed by atoms with Crippen LogP contribution in [-0.4, -0.2) is 0 Å². The Morgan fingerprint density at radius 3 is 0.926 bits per heavy atom. The molecule has 0 radical (unpaired) electrons. The van der Waals surface area contributed by atoms with Crippen LogP contribution in [0.2, 0.25) is 0 Å². The normalized spacial score (nSPS) is 10.4. The van der Waals surface area contributed by atoms with E-state index in [4.69, 9.17) is 0 Å². The third kappa shape index (κ3) is 5.73. The zero-order valence-corrected chi connectivity index (χ0v) is 28.0. The molecular weight excluding hydrogens is 665 g/mol. The van der Waals surface area contributed by atoms with Gasteiger partial charge < -0.3 is 0 Å². The Labute approximate surface area is 310 Å². The molecule has 0 saturated heterocycles. The first-order chi connectivity index (χ1) is 26.4. The smallest absolute Gasteiger partial charge is 0.138 e. The van der Waals surface area contributed by atoms with Crippen LogP contribution in [0.3, 0.4) is 0 Å². The van der Waals surface area contributed by atoms with E-state index in [1.54, 1.807) is 36.4 Å². The van der Waals surface area contributed by atoms with Crippen molar-refractivity contribution in [1.29, 1.82) is 42.1 Å². The topological polar surface area (TPSA) is 190 Å². The molecule has 8 heteroatoms. The van der Waals surface area contributed by atoms with Crippen molar-refractivity contribution >= 4 is 5.57 Å². The summed E-state index contributed by atoms with van der Waals surface area (Å²) < 4.78 is 0. The fourth-order valence-corrected chi connectivity index (χ4v) is 6.80. The summed E-state index contributed by atoms with van der Waals surface area (Å²) in [6.07, 6.45) is 0. The lowest BCUT2D eigenvalue weighted by Crippen LogP contribution is -1.92. The molecular formula is C46H18N8. The molecule has 0 bridgehead atoms. The molecule has 6 aromatic rings. The Morgan fingerprint density at radius 1 is 0.296 bits per heavy atom. The van der Waals surface area contributed by atoms with Gasteiger partial charge in [0.15, 0.2) is 0 Å². The van der Waals surface area contributed by atoms with Crippen LogP contribution in [0.1, 0.15) is 44.5 Å². The first-order valence-corrected chi connectivity index (χ1v) is 16.2. The molecule has 1 aliphatic rings. The van der Waals surface area contributed by atoms with E-state index < -0.39 is 0 Å². The van der Waals surface area contributed by atoms with Crippen LogP contribution in [0.5, 0.6) is 0 Å². The summed E-state index contributed by atoms with van der Waals surface area (Å²) in [6, 6.07) is 48.6. The van der Waals surface area contributed by atoms with Crippen molar-refractivity contribution in [3.63, 3.8) is 0 Å². The minimum atomic E-state index is -0.148. The number of benzene rings is 6. The Balaban J connectivity index is 1.37. The average molecular weight is 683 g/mol. The van der Waals surface area contributed by atoms with Gasteiger partial charge in [-0.1, -0.05) is 48.5 Å². The minimum Gasteiger partial charge on any atom is -0.192 e. The lowest BCUT2D eigenvalue weighted by molar-refractivity contribution is 1.44. The molecule has 0 heterocycles. The third-order valence-electron chi connectivity index (χ3n) is 9.30. The van der Waals surface area contributed by atoms with E-state index in [9.17, 15) is 42.1 Å². The van der Waals surface area contributed by atoms with E-state index in [1.165, 1.54) is 12.1 Å². The van der Waals surface area contributed by atoms with Gasteiger partial charge in [0.2, 0.25) is 0 Å². The summed E-state index contributed by atoms with van der Waals surface area (Å²) in [5.74, 6) is 0. The SMILES string of the molecule is N#CC(C#N)=C1c2cc(C#N)c(-c3ccc(-c4cc(C#N)cc(C#N)c4)cc3)cc2-c2cc(-c3ccc(-c4cc(C#N)cc(C#N)c4)cc3)c(C#N)cc21. The molecule has 54 heavy (non-hydrogen) atoms. The summed E-state index contributed by atoms with van der Waals surface area (Å²) in [5, 5.41) is 78.4. The van der Waals surface area contributed by atoms with Gasteiger partial charge in [0.25, 0.3) is 0 Å². The van der Waals surface area contributed by atoms with Gasteiger partial charge in [-0.3, -0.25) is 0 Å². The molecule has 0 N–H and O–H groups in total. The molecule has 0 aromatic heterocycles. The maximum absolute atomic E-state index is 10.3. The van der Waals surface area contributed by atoms with Crippen molar-refractivity contribution in [3.05, 3.63) is 159 Å². The Bertz CT molecular complexity index is 2730. The van der Waals surface area contributed by atoms with Gasteiger partial charge in [-0.05, 0) is 116 Å². The van der Waals surface area contributed by atoms with Crippen molar-refractivity contribution in [2.75, 3.05) is 0 Å². The number of nitrogens with zero attached hydrogens (tertiary/aromatic N) is 8. The molecule has 0 aliphatic heterocycles. The second-order valence-electron chi connectivity index (χ2n) is 12.3. The van der Waals surface area contributed by atoms with Gasteiger partial charge in [0, 0.05) is 16.7 Å². The van der Waals surface area contributed by atoms with Crippen LogP contribution in [0, 0.1) is 90.6 Å². The molecule has 242 valence electrons. The molecule has 7 rings (SSSR count). The van der Waals surface area contributed by atoms with Crippen LogP contribution in [0.25, 0.3) is 61.2 Å². The number of hydrogen-bond donors (Lipinski definition) is 0. The van der Waals surface area contributed by atoms with Gasteiger partial charge >= 0.3 is 0 Å². The molecule has 0 spiro atoms. The molecule has 0 atom stereocenters. The van der Waals surface area contributed by atoms with Crippen molar-refractivity contribution in [3.8, 4) is 104 Å². The molecule has 0 saturated carbocycles.